The van der Waals surface area contributed by atoms with Gasteiger partial charge >= 0.3 is 6.18 Å². The van der Waals surface area contributed by atoms with Crippen LogP contribution in [0.15, 0.2) is 0 Å². The molecule has 2 nitrogen and oxygen atoms in total. The van der Waals surface area contributed by atoms with Crippen molar-refractivity contribution in [3.8, 4) is 0 Å². The molecular formula is C14H26F3NO. The lowest BCUT2D eigenvalue weighted by molar-refractivity contribution is -0.163. The molecule has 0 aromatic heterocycles. The van der Waals surface area contributed by atoms with Crippen molar-refractivity contribution in [2.75, 3.05) is 20.2 Å². The van der Waals surface area contributed by atoms with Crippen LogP contribution < -0.4 is 5.32 Å². The minimum absolute atomic E-state index is 0.225. The molecule has 0 bridgehead atoms. The Morgan fingerprint density at radius 1 is 1.26 bits per heavy atom. The monoisotopic (exact) mass is 281 g/mol. The molecule has 114 valence electrons. The predicted molar refractivity (Wildman–Crippen MR) is 70.1 cm³/mol. The molecule has 0 spiro atoms. The van der Waals surface area contributed by atoms with E-state index in [9.17, 15) is 13.2 Å². The highest BCUT2D eigenvalue weighted by Crippen LogP contribution is 2.38. The smallest absolute Gasteiger partial charge is 0.373 e. The molecule has 0 aromatic rings. The van der Waals surface area contributed by atoms with Crippen molar-refractivity contribution >= 4 is 0 Å². The van der Waals surface area contributed by atoms with Crippen molar-refractivity contribution in [1.29, 1.82) is 0 Å². The van der Waals surface area contributed by atoms with Gasteiger partial charge in [0.1, 0.15) is 0 Å². The van der Waals surface area contributed by atoms with Crippen molar-refractivity contribution in [3.05, 3.63) is 0 Å². The van der Waals surface area contributed by atoms with E-state index in [0.29, 0.717) is 18.4 Å². The minimum atomic E-state index is -4.13. The quantitative estimate of drug-likeness (QED) is 0.800. The number of hydrogen-bond donors (Lipinski definition) is 1. The average molecular weight is 281 g/mol. The third-order valence-electron chi connectivity index (χ3n) is 4.18. The standard InChI is InChI=1S/C14H26F3NO/c1-11(2)12-4-6-13(7-5-12,10-18-3)19-9-8-14(15,16)17/h11-12,18H,4-10H2,1-3H3. The van der Waals surface area contributed by atoms with Gasteiger partial charge in [-0.05, 0) is 44.6 Å². The van der Waals surface area contributed by atoms with Gasteiger partial charge in [-0.25, -0.2) is 0 Å². The highest BCUT2D eigenvalue weighted by Gasteiger charge is 2.37. The molecule has 19 heavy (non-hydrogen) atoms. The fourth-order valence-corrected chi connectivity index (χ4v) is 2.91. The van der Waals surface area contributed by atoms with Gasteiger partial charge in [-0.15, -0.1) is 0 Å². The van der Waals surface area contributed by atoms with Gasteiger partial charge in [-0.1, -0.05) is 13.8 Å². The highest BCUT2D eigenvalue weighted by molar-refractivity contribution is 4.89. The van der Waals surface area contributed by atoms with Crippen molar-refractivity contribution in [2.24, 2.45) is 11.8 Å². The van der Waals surface area contributed by atoms with Crippen LogP contribution in [0.1, 0.15) is 46.0 Å². The molecule has 1 aliphatic carbocycles. The van der Waals surface area contributed by atoms with Crippen molar-refractivity contribution in [3.63, 3.8) is 0 Å². The van der Waals surface area contributed by atoms with Gasteiger partial charge < -0.3 is 10.1 Å². The number of ether oxygens (including phenoxy) is 1. The van der Waals surface area contributed by atoms with E-state index in [2.05, 4.69) is 19.2 Å². The lowest BCUT2D eigenvalue weighted by Crippen LogP contribution is -2.46. The van der Waals surface area contributed by atoms with E-state index in [4.69, 9.17) is 4.74 Å². The number of halogens is 3. The molecule has 0 heterocycles. The lowest BCUT2D eigenvalue weighted by atomic mass is 9.74. The first-order valence-corrected chi connectivity index (χ1v) is 7.13. The summed E-state index contributed by atoms with van der Waals surface area (Å²) in [5, 5.41) is 3.06. The second-order valence-electron chi connectivity index (χ2n) is 6.01. The van der Waals surface area contributed by atoms with Crippen molar-refractivity contribution in [1.82, 2.24) is 5.32 Å². The average Bonchev–Trinajstić information content (AvgIpc) is 2.28. The fourth-order valence-electron chi connectivity index (χ4n) is 2.91. The zero-order valence-corrected chi connectivity index (χ0v) is 12.1. The summed E-state index contributed by atoms with van der Waals surface area (Å²) in [6, 6.07) is 0. The normalized spacial score (nSPS) is 28.9. The van der Waals surface area contributed by atoms with E-state index < -0.39 is 18.2 Å². The van der Waals surface area contributed by atoms with Crippen LogP contribution in [0.2, 0.25) is 0 Å². The van der Waals surface area contributed by atoms with Gasteiger partial charge in [-0.3, -0.25) is 0 Å². The third-order valence-corrected chi connectivity index (χ3v) is 4.18. The molecule has 0 saturated heterocycles. The summed E-state index contributed by atoms with van der Waals surface area (Å²) in [5.74, 6) is 1.32. The van der Waals surface area contributed by atoms with Crippen LogP contribution in [0.4, 0.5) is 13.2 Å². The maximum Gasteiger partial charge on any atom is 0.391 e. The maximum absolute atomic E-state index is 12.2. The zero-order valence-electron chi connectivity index (χ0n) is 12.1. The molecule has 1 rings (SSSR count). The Morgan fingerprint density at radius 2 is 1.84 bits per heavy atom. The SMILES string of the molecule is CNCC1(OCCC(F)(F)F)CCC(C(C)C)CC1. The van der Waals surface area contributed by atoms with Gasteiger partial charge in [-0.2, -0.15) is 13.2 Å². The van der Waals surface area contributed by atoms with Gasteiger partial charge in [0.15, 0.2) is 0 Å². The molecule has 0 radical (unpaired) electrons. The first-order valence-electron chi connectivity index (χ1n) is 7.13. The van der Waals surface area contributed by atoms with Crippen LogP contribution in [-0.4, -0.2) is 32.0 Å². The topological polar surface area (TPSA) is 21.3 Å². The van der Waals surface area contributed by atoms with Gasteiger partial charge in [0.25, 0.3) is 0 Å². The second kappa shape index (κ2) is 6.93. The maximum atomic E-state index is 12.2. The Hall–Kier alpha value is -0.290. The first kappa shape index (κ1) is 16.8. The Bertz CT molecular complexity index is 258. The molecule has 0 amide bonds. The summed E-state index contributed by atoms with van der Waals surface area (Å²) in [5.41, 5.74) is -0.397. The molecule has 1 saturated carbocycles. The van der Waals surface area contributed by atoms with Gasteiger partial charge in [0.05, 0.1) is 18.6 Å². The molecule has 5 heteroatoms. The number of hydrogen-bond acceptors (Lipinski definition) is 2. The summed E-state index contributed by atoms with van der Waals surface area (Å²) in [7, 11) is 1.82. The predicted octanol–water partition coefficient (Wildman–Crippen LogP) is 3.76. The fraction of sp³-hybridized carbons (Fsp3) is 1.00. The summed E-state index contributed by atoms with van der Waals surface area (Å²) < 4.78 is 42.2. The van der Waals surface area contributed by atoms with Crippen LogP contribution in [0, 0.1) is 11.8 Å². The minimum Gasteiger partial charge on any atom is -0.373 e. The molecular weight excluding hydrogens is 255 g/mol. The Labute approximate surface area is 114 Å². The molecule has 1 fully saturated rings. The molecule has 0 unspecified atom stereocenters. The third kappa shape index (κ3) is 5.69. The summed E-state index contributed by atoms with van der Waals surface area (Å²) >= 11 is 0. The van der Waals surface area contributed by atoms with Crippen LogP contribution >= 0.6 is 0 Å². The second-order valence-corrected chi connectivity index (χ2v) is 6.01. The number of alkyl halides is 3. The molecule has 1 N–H and O–H groups in total. The number of likely N-dealkylation sites (N-methyl/N-ethyl adjacent to an activating group) is 1. The molecule has 0 aromatic carbocycles. The summed E-state index contributed by atoms with van der Waals surface area (Å²) in [6.45, 7) is 4.83. The Morgan fingerprint density at radius 3 is 2.26 bits per heavy atom. The first-order chi connectivity index (χ1) is 8.78. The number of rotatable bonds is 6. The molecule has 1 aliphatic rings. The van der Waals surface area contributed by atoms with E-state index >= 15 is 0 Å². The van der Waals surface area contributed by atoms with Crippen molar-refractivity contribution < 1.29 is 17.9 Å². The van der Waals surface area contributed by atoms with E-state index in [-0.39, 0.29) is 6.61 Å². The summed E-state index contributed by atoms with van der Waals surface area (Å²) in [6.07, 6.45) is -1.18. The zero-order chi connectivity index (χ0) is 14.5. The van der Waals surface area contributed by atoms with Crippen LogP contribution in [0.25, 0.3) is 0 Å². The van der Waals surface area contributed by atoms with Crippen molar-refractivity contribution in [2.45, 2.75) is 57.7 Å². The molecule has 0 aliphatic heterocycles. The van der Waals surface area contributed by atoms with Crippen LogP contribution in [0.3, 0.4) is 0 Å². The van der Waals surface area contributed by atoms with Crippen LogP contribution in [-0.2, 0) is 4.74 Å². The van der Waals surface area contributed by atoms with E-state index in [1.807, 2.05) is 7.05 Å². The highest BCUT2D eigenvalue weighted by atomic mass is 19.4. The van der Waals surface area contributed by atoms with Gasteiger partial charge in [0.2, 0.25) is 0 Å². The van der Waals surface area contributed by atoms with Crippen LogP contribution in [0.5, 0.6) is 0 Å². The van der Waals surface area contributed by atoms with E-state index in [1.54, 1.807) is 0 Å². The molecule has 0 atom stereocenters. The summed E-state index contributed by atoms with van der Waals surface area (Å²) in [4.78, 5) is 0. The Balaban J connectivity index is 2.47. The Kier molecular flexibility index (Phi) is 6.12. The van der Waals surface area contributed by atoms with E-state index in [0.717, 1.165) is 25.7 Å². The lowest BCUT2D eigenvalue weighted by Gasteiger charge is -2.41. The van der Waals surface area contributed by atoms with E-state index in [1.165, 1.54) is 0 Å². The number of nitrogens with one attached hydrogen (secondary N) is 1. The van der Waals surface area contributed by atoms with Gasteiger partial charge in [0, 0.05) is 6.54 Å². The largest absolute Gasteiger partial charge is 0.391 e.